The third-order valence-corrected chi connectivity index (χ3v) is 6.58. The van der Waals surface area contributed by atoms with E-state index >= 15 is 0 Å². The summed E-state index contributed by atoms with van der Waals surface area (Å²) in [5.74, 6) is -0.710. The number of hydrogen-bond donors (Lipinski definition) is 2. The minimum Gasteiger partial charge on any atom is -0.357 e. The van der Waals surface area contributed by atoms with Gasteiger partial charge in [-0.05, 0) is 63.9 Å². The molecule has 0 saturated carbocycles. The van der Waals surface area contributed by atoms with Crippen molar-refractivity contribution in [1.29, 1.82) is 5.26 Å². The quantitative estimate of drug-likeness (QED) is 0.401. The molecule has 5 aromatic rings. The van der Waals surface area contributed by atoms with E-state index in [0.29, 0.717) is 6.54 Å². The molecule has 0 amide bonds. The normalized spacial score (nSPS) is 15.7. The standard InChI is InChI=1S/C26H19F2N7/c27-21-7-5-15(11-17(21)13-29)14-35-10-9-19-18-3-1-2-4-23(18)30-24(19)25(35)16-6-8-22(28)20(12-16)26-31-33-34-32-26/h1-8,11-12,25,30H,9-10,14H2,(H,31,32,33,34). The SMILES string of the molecule is N#Cc1cc(CN2CCc3c([nH]c4ccccc34)C2c2ccc(F)c(-c3nnn[nH]3)c2)ccc1F. The summed E-state index contributed by atoms with van der Waals surface area (Å²) >= 11 is 0. The van der Waals surface area contributed by atoms with Crippen molar-refractivity contribution >= 4 is 10.9 Å². The molecular formula is C26H19F2N7. The zero-order valence-corrected chi connectivity index (χ0v) is 18.5. The van der Waals surface area contributed by atoms with Crippen LogP contribution in [0.3, 0.4) is 0 Å². The molecule has 1 unspecified atom stereocenters. The fourth-order valence-corrected chi connectivity index (χ4v) is 5.00. The number of H-pyrrole nitrogens is 2. The summed E-state index contributed by atoms with van der Waals surface area (Å²) in [6.07, 6.45) is 0.822. The molecule has 7 nitrogen and oxygen atoms in total. The van der Waals surface area contributed by atoms with Crippen LogP contribution in [0.4, 0.5) is 8.78 Å². The molecule has 0 fully saturated rings. The van der Waals surface area contributed by atoms with Gasteiger partial charge in [0.25, 0.3) is 0 Å². The number of aromatic nitrogens is 5. The lowest BCUT2D eigenvalue weighted by Crippen LogP contribution is -2.35. The summed E-state index contributed by atoms with van der Waals surface area (Å²) in [5, 5.41) is 24.1. The molecule has 3 heterocycles. The summed E-state index contributed by atoms with van der Waals surface area (Å²) in [6.45, 7) is 1.22. The molecule has 3 aromatic carbocycles. The molecule has 1 aliphatic heterocycles. The number of aromatic amines is 2. The smallest absolute Gasteiger partial charge is 0.182 e. The first-order valence-electron chi connectivity index (χ1n) is 11.2. The Morgan fingerprint density at radius 3 is 2.74 bits per heavy atom. The lowest BCUT2D eigenvalue weighted by atomic mass is 9.91. The van der Waals surface area contributed by atoms with Crippen LogP contribution in [-0.4, -0.2) is 37.1 Å². The number of tetrazole rings is 1. The van der Waals surface area contributed by atoms with Gasteiger partial charge in [-0.25, -0.2) is 13.9 Å². The van der Waals surface area contributed by atoms with Crippen LogP contribution in [0, 0.1) is 23.0 Å². The van der Waals surface area contributed by atoms with Gasteiger partial charge in [0.05, 0.1) is 17.2 Å². The number of nitrogens with zero attached hydrogens (tertiary/aromatic N) is 5. The van der Waals surface area contributed by atoms with Crippen LogP contribution in [0.5, 0.6) is 0 Å². The van der Waals surface area contributed by atoms with Gasteiger partial charge >= 0.3 is 0 Å². The number of fused-ring (bicyclic) bond motifs is 3. The molecule has 0 aliphatic carbocycles. The monoisotopic (exact) mass is 467 g/mol. The van der Waals surface area contributed by atoms with Crippen molar-refractivity contribution in [3.05, 3.63) is 100 Å². The Bertz CT molecular complexity index is 1580. The highest BCUT2D eigenvalue weighted by Gasteiger charge is 2.32. The van der Waals surface area contributed by atoms with Gasteiger partial charge in [0.2, 0.25) is 0 Å². The molecule has 9 heteroatoms. The van der Waals surface area contributed by atoms with Crippen molar-refractivity contribution in [2.24, 2.45) is 0 Å². The molecule has 35 heavy (non-hydrogen) atoms. The summed E-state index contributed by atoms with van der Waals surface area (Å²) in [4.78, 5) is 5.84. The van der Waals surface area contributed by atoms with Crippen LogP contribution >= 0.6 is 0 Å². The van der Waals surface area contributed by atoms with Crippen molar-refractivity contribution in [1.82, 2.24) is 30.5 Å². The van der Waals surface area contributed by atoms with Crippen LogP contribution in [0.2, 0.25) is 0 Å². The van der Waals surface area contributed by atoms with Gasteiger partial charge in [0.1, 0.15) is 17.7 Å². The maximum absolute atomic E-state index is 14.7. The minimum absolute atomic E-state index is 0.0178. The van der Waals surface area contributed by atoms with E-state index in [4.69, 9.17) is 0 Å². The zero-order valence-electron chi connectivity index (χ0n) is 18.5. The number of halogens is 2. The predicted molar refractivity (Wildman–Crippen MR) is 125 cm³/mol. The van der Waals surface area contributed by atoms with Crippen LogP contribution in [0.15, 0.2) is 60.7 Å². The van der Waals surface area contributed by atoms with Crippen LogP contribution in [0.1, 0.15) is 34.0 Å². The van der Waals surface area contributed by atoms with E-state index in [9.17, 15) is 14.0 Å². The lowest BCUT2D eigenvalue weighted by Gasteiger charge is -2.36. The zero-order chi connectivity index (χ0) is 23.9. The van der Waals surface area contributed by atoms with Gasteiger partial charge in [-0.1, -0.05) is 30.3 Å². The first-order chi connectivity index (χ1) is 17.1. The fourth-order valence-electron chi connectivity index (χ4n) is 5.00. The Hall–Kier alpha value is -4.42. The van der Waals surface area contributed by atoms with Gasteiger partial charge in [0, 0.05) is 29.7 Å². The highest BCUT2D eigenvalue weighted by molar-refractivity contribution is 5.85. The van der Waals surface area contributed by atoms with E-state index < -0.39 is 11.6 Å². The van der Waals surface area contributed by atoms with Crippen molar-refractivity contribution in [3.63, 3.8) is 0 Å². The van der Waals surface area contributed by atoms with Crippen molar-refractivity contribution in [3.8, 4) is 17.5 Å². The van der Waals surface area contributed by atoms with E-state index in [2.05, 4.69) is 36.6 Å². The second-order valence-electron chi connectivity index (χ2n) is 8.60. The number of hydrogen-bond acceptors (Lipinski definition) is 5. The number of nitrogens with one attached hydrogen (secondary N) is 2. The van der Waals surface area contributed by atoms with E-state index in [-0.39, 0.29) is 23.0 Å². The van der Waals surface area contributed by atoms with Gasteiger partial charge in [0.15, 0.2) is 5.82 Å². The fraction of sp³-hybridized carbons (Fsp3) is 0.154. The van der Waals surface area contributed by atoms with Gasteiger partial charge in [-0.2, -0.15) is 5.26 Å². The third-order valence-electron chi connectivity index (χ3n) is 6.58. The number of benzene rings is 3. The van der Waals surface area contributed by atoms with Gasteiger partial charge in [-0.3, -0.25) is 4.90 Å². The number of rotatable bonds is 4. The molecule has 6 rings (SSSR count). The molecule has 0 radical (unpaired) electrons. The highest BCUT2D eigenvalue weighted by atomic mass is 19.1. The van der Waals surface area contributed by atoms with Crippen molar-refractivity contribution < 1.29 is 8.78 Å². The molecule has 0 spiro atoms. The molecule has 1 aliphatic rings. The Kier molecular flexibility index (Phi) is 5.08. The van der Waals surface area contributed by atoms with Crippen LogP contribution < -0.4 is 0 Å². The van der Waals surface area contributed by atoms with Crippen LogP contribution in [0.25, 0.3) is 22.3 Å². The van der Waals surface area contributed by atoms with E-state index in [0.717, 1.165) is 35.3 Å². The van der Waals surface area contributed by atoms with E-state index in [1.165, 1.54) is 23.1 Å². The first kappa shape index (κ1) is 21.1. The highest BCUT2D eigenvalue weighted by Crippen LogP contribution is 2.40. The first-order valence-corrected chi connectivity index (χ1v) is 11.2. The molecule has 2 N–H and O–H groups in total. The third kappa shape index (κ3) is 3.64. The second kappa shape index (κ2) is 8.42. The van der Waals surface area contributed by atoms with Crippen molar-refractivity contribution in [2.75, 3.05) is 6.54 Å². The molecule has 172 valence electrons. The molecule has 2 aromatic heterocycles. The Morgan fingerprint density at radius 1 is 1.06 bits per heavy atom. The largest absolute Gasteiger partial charge is 0.357 e. The summed E-state index contributed by atoms with van der Waals surface area (Å²) in [7, 11) is 0. The average molecular weight is 467 g/mol. The predicted octanol–water partition coefficient (Wildman–Crippen LogP) is 4.65. The van der Waals surface area contributed by atoms with E-state index in [1.807, 2.05) is 24.3 Å². The molecule has 0 saturated heterocycles. The molecule has 0 bridgehead atoms. The van der Waals surface area contributed by atoms with Crippen LogP contribution in [-0.2, 0) is 13.0 Å². The second-order valence-corrected chi connectivity index (χ2v) is 8.60. The topological polar surface area (TPSA) is 97.3 Å². The Labute approximate surface area is 199 Å². The molecular weight excluding hydrogens is 448 g/mol. The van der Waals surface area contributed by atoms with Gasteiger partial charge in [-0.15, -0.1) is 5.10 Å². The van der Waals surface area contributed by atoms with E-state index in [1.54, 1.807) is 24.3 Å². The lowest BCUT2D eigenvalue weighted by molar-refractivity contribution is 0.202. The van der Waals surface area contributed by atoms with Gasteiger partial charge < -0.3 is 4.98 Å². The Balaban J connectivity index is 1.48. The number of nitriles is 1. The molecule has 1 atom stereocenters. The maximum Gasteiger partial charge on any atom is 0.182 e. The maximum atomic E-state index is 14.7. The van der Waals surface area contributed by atoms with Crippen molar-refractivity contribution in [2.45, 2.75) is 19.0 Å². The summed E-state index contributed by atoms with van der Waals surface area (Å²) in [6, 6.07) is 19.4. The average Bonchev–Trinajstić information content (AvgIpc) is 3.54. The Morgan fingerprint density at radius 2 is 1.91 bits per heavy atom. The number of para-hydroxylation sites is 1. The summed E-state index contributed by atoms with van der Waals surface area (Å²) < 4.78 is 28.7. The minimum atomic E-state index is -0.534. The summed E-state index contributed by atoms with van der Waals surface area (Å²) in [5.41, 5.74) is 5.30.